The normalized spacial score (nSPS) is 23.6. The van der Waals surface area contributed by atoms with Crippen molar-refractivity contribution in [2.24, 2.45) is 7.05 Å². The quantitative estimate of drug-likeness (QED) is 0.570. The van der Waals surface area contributed by atoms with Crippen molar-refractivity contribution in [3.63, 3.8) is 0 Å². The molecule has 2 fully saturated rings. The molecule has 3 aromatic heterocycles. The highest BCUT2D eigenvalue weighted by Crippen LogP contribution is 2.37. The van der Waals surface area contributed by atoms with Gasteiger partial charge in [-0.2, -0.15) is 25.4 Å². The first kappa shape index (κ1) is 18.8. The lowest BCUT2D eigenvalue weighted by Gasteiger charge is -2.38. The molecule has 0 saturated carbocycles. The summed E-state index contributed by atoms with van der Waals surface area (Å²) in [4.78, 5) is 12.0. The van der Waals surface area contributed by atoms with Gasteiger partial charge >= 0.3 is 0 Å². The molecule has 3 aromatic rings. The lowest BCUT2D eigenvalue weighted by molar-refractivity contribution is 0.135. The van der Waals surface area contributed by atoms with E-state index in [2.05, 4.69) is 36.9 Å². The number of nitriles is 1. The fourth-order valence-electron chi connectivity index (χ4n) is 4.90. The average molecular weight is 406 g/mol. The van der Waals surface area contributed by atoms with Crippen molar-refractivity contribution < 1.29 is 0 Å². The van der Waals surface area contributed by atoms with Gasteiger partial charge in [-0.1, -0.05) is 0 Å². The molecule has 2 saturated heterocycles. The van der Waals surface area contributed by atoms with Crippen molar-refractivity contribution in [2.45, 2.75) is 57.2 Å². The van der Waals surface area contributed by atoms with E-state index in [0.717, 1.165) is 36.1 Å². The molecule has 2 aliphatic heterocycles. The molecule has 30 heavy (non-hydrogen) atoms. The van der Waals surface area contributed by atoms with Crippen LogP contribution < -0.4 is 10.6 Å². The van der Waals surface area contributed by atoms with E-state index in [0.29, 0.717) is 42.1 Å². The van der Waals surface area contributed by atoms with Gasteiger partial charge in [0.1, 0.15) is 5.82 Å². The van der Waals surface area contributed by atoms with Crippen molar-refractivity contribution in [1.82, 2.24) is 34.8 Å². The van der Waals surface area contributed by atoms with E-state index in [9.17, 15) is 0 Å². The first-order chi connectivity index (χ1) is 14.6. The van der Waals surface area contributed by atoms with Crippen molar-refractivity contribution in [2.75, 3.05) is 17.2 Å². The van der Waals surface area contributed by atoms with E-state index >= 15 is 0 Å². The van der Waals surface area contributed by atoms with Gasteiger partial charge < -0.3 is 10.6 Å². The Hall–Kier alpha value is -3.19. The summed E-state index contributed by atoms with van der Waals surface area (Å²) in [5, 5.41) is 28.2. The number of aryl methyl sites for hydroxylation is 2. The summed E-state index contributed by atoms with van der Waals surface area (Å²) in [5.74, 6) is 2.01. The SMILES string of the molecule is Cc1cc(Nc2nc(NC3CC4CCC(C3)N4CCC#N)nc3c2cnn3C)n[nH]1. The van der Waals surface area contributed by atoms with Crippen molar-refractivity contribution in [3.05, 3.63) is 18.0 Å². The van der Waals surface area contributed by atoms with Gasteiger partial charge in [-0.3, -0.25) is 14.7 Å². The molecule has 10 nitrogen and oxygen atoms in total. The molecule has 0 spiro atoms. The van der Waals surface area contributed by atoms with Crippen LogP contribution in [-0.4, -0.2) is 59.5 Å². The summed E-state index contributed by atoms with van der Waals surface area (Å²) in [6.07, 6.45) is 6.90. The molecule has 2 aliphatic rings. The summed E-state index contributed by atoms with van der Waals surface area (Å²) in [7, 11) is 1.88. The molecule has 2 unspecified atom stereocenters. The Morgan fingerprint density at radius 2 is 2.07 bits per heavy atom. The fourth-order valence-corrected chi connectivity index (χ4v) is 4.90. The highest BCUT2D eigenvalue weighted by atomic mass is 15.3. The van der Waals surface area contributed by atoms with Crippen LogP contribution in [0.1, 0.15) is 37.8 Å². The van der Waals surface area contributed by atoms with Gasteiger partial charge in [0.2, 0.25) is 5.95 Å². The van der Waals surface area contributed by atoms with Crippen LogP contribution in [0.4, 0.5) is 17.6 Å². The minimum absolute atomic E-state index is 0.326. The van der Waals surface area contributed by atoms with Gasteiger partial charge in [0.05, 0.1) is 17.7 Å². The molecule has 2 bridgehead atoms. The van der Waals surface area contributed by atoms with Gasteiger partial charge in [0, 0.05) is 49.9 Å². The van der Waals surface area contributed by atoms with E-state index in [-0.39, 0.29) is 0 Å². The van der Waals surface area contributed by atoms with Crippen LogP contribution in [0.5, 0.6) is 0 Å². The Bertz CT molecular complexity index is 1080. The van der Waals surface area contributed by atoms with E-state index in [1.165, 1.54) is 12.8 Å². The third-order valence-electron chi connectivity index (χ3n) is 6.24. The third kappa shape index (κ3) is 3.45. The second-order valence-electron chi connectivity index (χ2n) is 8.31. The topological polar surface area (TPSA) is 123 Å². The number of nitrogens with zero attached hydrogens (tertiary/aromatic N) is 7. The number of hydrogen-bond acceptors (Lipinski definition) is 8. The number of fused-ring (bicyclic) bond motifs is 3. The van der Waals surface area contributed by atoms with Crippen molar-refractivity contribution in [3.8, 4) is 6.07 Å². The van der Waals surface area contributed by atoms with Crippen LogP contribution in [0.2, 0.25) is 0 Å². The summed E-state index contributed by atoms with van der Waals surface area (Å²) < 4.78 is 1.76. The smallest absolute Gasteiger partial charge is 0.226 e. The maximum Gasteiger partial charge on any atom is 0.226 e. The monoisotopic (exact) mass is 406 g/mol. The fraction of sp³-hybridized carbons (Fsp3) is 0.550. The van der Waals surface area contributed by atoms with Crippen LogP contribution in [-0.2, 0) is 7.05 Å². The standard InChI is InChI=1S/C20H26N10/c1-12-8-17(28-27-12)24-18-16-11-22-29(2)19(16)26-20(25-18)23-13-9-14-4-5-15(10-13)30(14)7-3-6-21/h8,11,13-15H,3-5,7,9-10H2,1-2H3,(H3,23,24,25,26,27,28). The van der Waals surface area contributed by atoms with Gasteiger partial charge in [-0.25, -0.2) is 0 Å². The van der Waals surface area contributed by atoms with Crippen molar-refractivity contribution in [1.29, 1.82) is 5.26 Å². The van der Waals surface area contributed by atoms with Gasteiger partial charge in [-0.05, 0) is 32.6 Å². The van der Waals surface area contributed by atoms with Crippen molar-refractivity contribution >= 4 is 28.6 Å². The summed E-state index contributed by atoms with van der Waals surface area (Å²) >= 11 is 0. The Labute approximate surface area is 174 Å². The van der Waals surface area contributed by atoms with Gasteiger partial charge in [-0.15, -0.1) is 0 Å². The lowest BCUT2D eigenvalue weighted by Crippen LogP contribution is -2.47. The number of rotatable bonds is 6. The second kappa shape index (κ2) is 7.57. The van der Waals surface area contributed by atoms with Crippen LogP contribution >= 0.6 is 0 Å². The minimum atomic E-state index is 0.326. The number of piperidine rings is 1. The van der Waals surface area contributed by atoms with E-state index in [4.69, 9.17) is 15.2 Å². The van der Waals surface area contributed by atoms with Crippen LogP contribution in [0.25, 0.3) is 11.0 Å². The molecule has 5 heterocycles. The van der Waals surface area contributed by atoms with Gasteiger partial charge in [0.15, 0.2) is 11.5 Å². The Kier molecular flexibility index (Phi) is 4.75. The largest absolute Gasteiger partial charge is 0.351 e. The second-order valence-corrected chi connectivity index (χ2v) is 8.31. The predicted molar refractivity (Wildman–Crippen MR) is 113 cm³/mol. The molecule has 0 aliphatic carbocycles. The zero-order valence-electron chi connectivity index (χ0n) is 17.3. The maximum absolute atomic E-state index is 8.94. The Morgan fingerprint density at radius 3 is 2.77 bits per heavy atom. The molecule has 0 amide bonds. The summed E-state index contributed by atoms with van der Waals surface area (Å²) in [5.41, 5.74) is 1.75. The Balaban J connectivity index is 1.37. The van der Waals surface area contributed by atoms with E-state index < -0.39 is 0 Å². The van der Waals surface area contributed by atoms with E-state index in [1.54, 1.807) is 10.9 Å². The minimum Gasteiger partial charge on any atom is -0.351 e. The molecular formula is C20H26N10. The highest BCUT2D eigenvalue weighted by molar-refractivity contribution is 5.89. The van der Waals surface area contributed by atoms with Crippen LogP contribution in [0.15, 0.2) is 12.3 Å². The number of anilines is 3. The number of H-pyrrole nitrogens is 1. The predicted octanol–water partition coefficient (Wildman–Crippen LogP) is 2.46. The maximum atomic E-state index is 8.94. The third-order valence-corrected chi connectivity index (χ3v) is 6.24. The molecule has 3 N–H and O–H groups in total. The number of aromatic amines is 1. The molecule has 0 aromatic carbocycles. The molecule has 10 heteroatoms. The molecule has 5 rings (SSSR count). The Morgan fingerprint density at radius 1 is 1.27 bits per heavy atom. The highest BCUT2D eigenvalue weighted by Gasteiger charge is 2.40. The first-order valence-corrected chi connectivity index (χ1v) is 10.5. The molecule has 0 radical (unpaired) electrons. The molecular weight excluding hydrogens is 380 g/mol. The molecule has 2 atom stereocenters. The lowest BCUT2D eigenvalue weighted by atomic mass is 9.97. The van der Waals surface area contributed by atoms with E-state index in [1.807, 2.05) is 20.0 Å². The zero-order chi connectivity index (χ0) is 20.7. The summed E-state index contributed by atoms with van der Waals surface area (Å²) in [6, 6.07) is 5.63. The van der Waals surface area contributed by atoms with Gasteiger partial charge in [0.25, 0.3) is 0 Å². The summed E-state index contributed by atoms with van der Waals surface area (Å²) in [6.45, 7) is 2.84. The zero-order valence-corrected chi connectivity index (χ0v) is 17.3. The molecule has 156 valence electrons. The van der Waals surface area contributed by atoms with Crippen LogP contribution in [0, 0.1) is 18.3 Å². The number of nitrogens with one attached hydrogen (secondary N) is 3. The van der Waals surface area contributed by atoms with Crippen LogP contribution in [0.3, 0.4) is 0 Å². The first-order valence-electron chi connectivity index (χ1n) is 10.5. The average Bonchev–Trinajstić information content (AvgIpc) is 3.37. The number of aromatic nitrogens is 6. The number of hydrogen-bond donors (Lipinski definition) is 3.